The van der Waals surface area contributed by atoms with E-state index >= 15 is 0 Å². The van der Waals surface area contributed by atoms with Gasteiger partial charge in [-0.3, -0.25) is 0 Å². The maximum absolute atomic E-state index is 10.6. The SMILES string of the molecule is C=CCCCC1(O)CC[C@@H](C(C)C)C=C1I. The Morgan fingerprint density at radius 3 is 2.88 bits per heavy atom. The van der Waals surface area contributed by atoms with Crippen molar-refractivity contribution in [1.29, 1.82) is 0 Å². The van der Waals surface area contributed by atoms with E-state index in [0.717, 1.165) is 35.7 Å². The van der Waals surface area contributed by atoms with Crippen molar-refractivity contribution in [2.45, 2.75) is 51.6 Å². The number of halogens is 1. The van der Waals surface area contributed by atoms with Gasteiger partial charge < -0.3 is 5.11 Å². The number of unbranched alkanes of at least 4 members (excludes halogenated alkanes) is 1. The van der Waals surface area contributed by atoms with Crippen LogP contribution in [0.3, 0.4) is 0 Å². The molecule has 0 saturated carbocycles. The molecule has 16 heavy (non-hydrogen) atoms. The topological polar surface area (TPSA) is 20.2 Å². The number of hydrogen-bond acceptors (Lipinski definition) is 1. The minimum Gasteiger partial charge on any atom is -0.385 e. The van der Waals surface area contributed by atoms with Crippen LogP contribution in [-0.2, 0) is 0 Å². The molecule has 92 valence electrons. The highest BCUT2D eigenvalue weighted by Gasteiger charge is 2.34. The fourth-order valence-electron chi connectivity index (χ4n) is 2.26. The fraction of sp³-hybridized carbons (Fsp3) is 0.714. The van der Waals surface area contributed by atoms with Gasteiger partial charge in [-0.25, -0.2) is 0 Å². The molecule has 2 heteroatoms. The normalized spacial score (nSPS) is 30.3. The predicted molar refractivity (Wildman–Crippen MR) is 78.7 cm³/mol. The molecule has 1 rings (SSSR count). The maximum Gasteiger partial charge on any atom is 0.0950 e. The third-order valence-electron chi connectivity index (χ3n) is 3.55. The summed E-state index contributed by atoms with van der Waals surface area (Å²) in [6, 6.07) is 0. The van der Waals surface area contributed by atoms with Crippen molar-refractivity contribution in [2.75, 3.05) is 0 Å². The number of rotatable bonds is 5. The van der Waals surface area contributed by atoms with Crippen molar-refractivity contribution >= 4 is 22.6 Å². The zero-order valence-corrected chi connectivity index (χ0v) is 12.5. The molecule has 0 amide bonds. The first kappa shape index (κ1) is 14.2. The van der Waals surface area contributed by atoms with E-state index < -0.39 is 5.60 Å². The lowest BCUT2D eigenvalue weighted by atomic mass is 9.78. The van der Waals surface area contributed by atoms with Crippen molar-refractivity contribution in [3.63, 3.8) is 0 Å². The molecule has 1 nitrogen and oxygen atoms in total. The first-order valence-corrected chi connectivity index (χ1v) is 7.28. The van der Waals surface area contributed by atoms with E-state index in [-0.39, 0.29) is 0 Å². The Balaban J connectivity index is 2.62. The molecule has 1 unspecified atom stereocenters. The molecular weight excluding hydrogens is 311 g/mol. The number of allylic oxidation sites excluding steroid dienone is 2. The van der Waals surface area contributed by atoms with Gasteiger partial charge in [0.15, 0.2) is 0 Å². The summed E-state index contributed by atoms with van der Waals surface area (Å²) < 4.78 is 1.15. The van der Waals surface area contributed by atoms with E-state index in [0.29, 0.717) is 11.8 Å². The van der Waals surface area contributed by atoms with Crippen molar-refractivity contribution in [2.24, 2.45) is 11.8 Å². The van der Waals surface area contributed by atoms with Crippen LogP contribution in [0.1, 0.15) is 46.0 Å². The Bertz CT molecular complexity index is 270. The zero-order valence-electron chi connectivity index (χ0n) is 10.4. The van der Waals surface area contributed by atoms with Gasteiger partial charge in [0.1, 0.15) is 0 Å². The Morgan fingerprint density at radius 1 is 1.69 bits per heavy atom. The van der Waals surface area contributed by atoms with Crippen molar-refractivity contribution in [3.05, 3.63) is 22.3 Å². The largest absolute Gasteiger partial charge is 0.385 e. The maximum atomic E-state index is 10.6. The fourth-order valence-corrected chi connectivity index (χ4v) is 3.26. The van der Waals surface area contributed by atoms with Gasteiger partial charge in [-0.15, -0.1) is 6.58 Å². The molecule has 1 N–H and O–H groups in total. The molecule has 0 aromatic rings. The Kier molecular flexibility index (Phi) is 5.51. The van der Waals surface area contributed by atoms with Crippen LogP contribution in [0.5, 0.6) is 0 Å². The lowest BCUT2D eigenvalue weighted by Gasteiger charge is -2.35. The predicted octanol–water partition coefficient (Wildman–Crippen LogP) is 4.46. The van der Waals surface area contributed by atoms with E-state index in [1.54, 1.807) is 0 Å². The second kappa shape index (κ2) is 6.20. The van der Waals surface area contributed by atoms with Gasteiger partial charge in [-0.05, 0) is 66.5 Å². The molecule has 0 fully saturated rings. The molecule has 1 aliphatic rings. The molecule has 0 saturated heterocycles. The van der Waals surface area contributed by atoms with E-state index in [9.17, 15) is 5.11 Å². The smallest absolute Gasteiger partial charge is 0.0950 e. The minimum atomic E-state index is -0.547. The number of hydrogen-bond donors (Lipinski definition) is 1. The van der Waals surface area contributed by atoms with Gasteiger partial charge in [0.05, 0.1) is 5.60 Å². The van der Waals surface area contributed by atoms with Gasteiger partial charge in [-0.1, -0.05) is 26.0 Å². The van der Waals surface area contributed by atoms with Gasteiger partial charge in [0.25, 0.3) is 0 Å². The van der Waals surface area contributed by atoms with Crippen LogP contribution in [0.15, 0.2) is 22.3 Å². The van der Waals surface area contributed by atoms with E-state index in [1.165, 1.54) is 0 Å². The Morgan fingerprint density at radius 2 is 2.38 bits per heavy atom. The summed E-state index contributed by atoms with van der Waals surface area (Å²) in [6.07, 6.45) is 9.16. The van der Waals surface area contributed by atoms with Crippen molar-refractivity contribution in [1.82, 2.24) is 0 Å². The first-order valence-electron chi connectivity index (χ1n) is 6.20. The Hall–Kier alpha value is 0.170. The Labute approximate surface area is 113 Å². The summed E-state index contributed by atoms with van der Waals surface area (Å²) >= 11 is 2.32. The number of aliphatic hydroxyl groups is 1. The van der Waals surface area contributed by atoms with Gasteiger partial charge in [0, 0.05) is 3.58 Å². The lowest BCUT2D eigenvalue weighted by Crippen LogP contribution is -2.33. The van der Waals surface area contributed by atoms with Crippen molar-refractivity contribution in [3.8, 4) is 0 Å². The highest BCUT2D eigenvalue weighted by Crippen LogP contribution is 2.41. The van der Waals surface area contributed by atoms with Crippen LogP contribution in [0.25, 0.3) is 0 Å². The molecule has 1 aliphatic carbocycles. The molecule has 0 radical (unpaired) electrons. The molecule has 2 atom stereocenters. The third-order valence-corrected chi connectivity index (χ3v) is 4.91. The average Bonchev–Trinajstić information content (AvgIpc) is 2.22. The summed E-state index contributed by atoms with van der Waals surface area (Å²) in [7, 11) is 0. The molecule has 0 aliphatic heterocycles. The highest BCUT2D eigenvalue weighted by molar-refractivity contribution is 14.1. The van der Waals surface area contributed by atoms with E-state index in [2.05, 4.69) is 49.1 Å². The van der Waals surface area contributed by atoms with E-state index in [4.69, 9.17) is 0 Å². The summed E-state index contributed by atoms with van der Waals surface area (Å²) in [5.74, 6) is 1.33. The van der Waals surface area contributed by atoms with Crippen LogP contribution < -0.4 is 0 Å². The molecule has 0 bridgehead atoms. The monoisotopic (exact) mass is 334 g/mol. The van der Waals surface area contributed by atoms with Crippen LogP contribution >= 0.6 is 22.6 Å². The van der Waals surface area contributed by atoms with Crippen molar-refractivity contribution < 1.29 is 5.11 Å². The van der Waals surface area contributed by atoms with Crippen LogP contribution in [0.2, 0.25) is 0 Å². The quantitative estimate of drug-likeness (QED) is 0.447. The summed E-state index contributed by atoms with van der Waals surface area (Å²) in [4.78, 5) is 0. The standard InChI is InChI=1S/C14H23IO/c1-4-5-6-8-14(16)9-7-12(11(2)3)10-13(14)15/h4,10-12,16H,1,5-9H2,2-3H3/t12-,14?/m1/s1. The van der Waals surface area contributed by atoms with Crippen LogP contribution in [-0.4, -0.2) is 10.7 Å². The van der Waals surface area contributed by atoms with Gasteiger partial charge in [-0.2, -0.15) is 0 Å². The van der Waals surface area contributed by atoms with Crippen LogP contribution in [0.4, 0.5) is 0 Å². The van der Waals surface area contributed by atoms with E-state index in [1.807, 2.05) is 6.08 Å². The first-order chi connectivity index (χ1) is 7.49. The second-order valence-corrected chi connectivity index (χ2v) is 6.34. The molecule has 0 aromatic carbocycles. The molecule has 0 spiro atoms. The molecular formula is C14H23IO. The van der Waals surface area contributed by atoms with Gasteiger partial charge >= 0.3 is 0 Å². The summed E-state index contributed by atoms with van der Waals surface area (Å²) in [5, 5.41) is 10.6. The average molecular weight is 334 g/mol. The summed E-state index contributed by atoms with van der Waals surface area (Å²) in [6.45, 7) is 8.24. The highest BCUT2D eigenvalue weighted by atomic mass is 127. The third kappa shape index (κ3) is 3.59. The van der Waals surface area contributed by atoms with Gasteiger partial charge in [0.2, 0.25) is 0 Å². The lowest BCUT2D eigenvalue weighted by molar-refractivity contribution is 0.0531. The zero-order chi connectivity index (χ0) is 12.2. The second-order valence-electron chi connectivity index (χ2n) is 5.17. The summed E-state index contributed by atoms with van der Waals surface area (Å²) in [5.41, 5.74) is -0.547. The molecule has 0 heterocycles. The molecule has 0 aromatic heterocycles. The van der Waals surface area contributed by atoms with Crippen LogP contribution in [0, 0.1) is 11.8 Å². The minimum absolute atomic E-state index is 0.547.